The molecule has 0 radical (unpaired) electrons. The normalized spacial score (nSPS) is 15.8. The van der Waals surface area contributed by atoms with Crippen LogP contribution in [0.3, 0.4) is 0 Å². The average Bonchev–Trinajstić information content (AvgIpc) is 2.59. The summed E-state index contributed by atoms with van der Waals surface area (Å²) in [7, 11) is 0. The number of thioether (sulfide) groups is 1. The Labute approximate surface area is 155 Å². The van der Waals surface area contributed by atoms with Gasteiger partial charge in [-0.05, 0) is 37.6 Å². The van der Waals surface area contributed by atoms with E-state index in [2.05, 4.69) is 23.8 Å². The van der Waals surface area contributed by atoms with E-state index in [1.54, 1.807) is 12.1 Å². The number of aromatic nitrogens is 3. The van der Waals surface area contributed by atoms with Crippen molar-refractivity contribution in [1.29, 1.82) is 0 Å². The van der Waals surface area contributed by atoms with E-state index in [0.717, 1.165) is 28.6 Å². The maximum Gasteiger partial charge on any atom is 0.191 e. The zero-order chi connectivity index (χ0) is 18.3. The van der Waals surface area contributed by atoms with Gasteiger partial charge in [0.05, 0.1) is 23.3 Å². The third-order valence-electron chi connectivity index (χ3n) is 4.36. The van der Waals surface area contributed by atoms with E-state index in [1.807, 2.05) is 6.07 Å². The van der Waals surface area contributed by atoms with E-state index in [-0.39, 0.29) is 11.4 Å². The SMILES string of the molecule is CC1(C)Cc2nc3nc(SCc4ccc(F)cc4)nc(N)c3cc2CO1. The number of hydrogen-bond acceptors (Lipinski definition) is 6. The van der Waals surface area contributed by atoms with Gasteiger partial charge in [-0.25, -0.2) is 19.3 Å². The summed E-state index contributed by atoms with van der Waals surface area (Å²) < 4.78 is 18.9. The van der Waals surface area contributed by atoms with Crippen LogP contribution < -0.4 is 5.73 Å². The first-order valence-corrected chi connectivity index (χ1v) is 9.35. The van der Waals surface area contributed by atoms with Gasteiger partial charge in [-0.3, -0.25) is 0 Å². The molecular weight excluding hydrogens is 351 g/mol. The van der Waals surface area contributed by atoms with Crippen LogP contribution in [0.4, 0.5) is 10.2 Å². The van der Waals surface area contributed by atoms with Gasteiger partial charge in [0.2, 0.25) is 0 Å². The van der Waals surface area contributed by atoms with Crippen molar-refractivity contribution in [3.8, 4) is 0 Å². The first-order valence-electron chi connectivity index (χ1n) is 8.37. The number of rotatable bonds is 3. The molecule has 1 aliphatic rings. The molecule has 4 rings (SSSR count). The highest BCUT2D eigenvalue weighted by molar-refractivity contribution is 7.98. The quantitative estimate of drug-likeness (QED) is 0.557. The molecule has 134 valence electrons. The van der Waals surface area contributed by atoms with Gasteiger partial charge in [-0.15, -0.1) is 0 Å². The van der Waals surface area contributed by atoms with E-state index in [0.29, 0.717) is 29.0 Å². The summed E-state index contributed by atoms with van der Waals surface area (Å²) >= 11 is 1.46. The molecule has 0 saturated carbocycles. The van der Waals surface area contributed by atoms with Crippen molar-refractivity contribution in [3.05, 3.63) is 53.0 Å². The molecule has 2 aromatic heterocycles. The Morgan fingerprint density at radius 3 is 2.73 bits per heavy atom. The van der Waals surface area contributed by atoms with E-state index < -0.39 is 0 Å². The number of halogens is 1. The first-order chi connectivity index (χ1) is 12.4. The van der Waals surface area contributed by atoms with E-state index in [9.17, 15) is 4.39 Å². The Morgan fingerprint density at radius 1 is 1.19 bits per heavy atom. The smallest absolute Gasteiger partial charge is 0.191 e. The second-order valence-electron chi connectivity index (χ2n) is 7.00. The summed E-state index contributed by atoms with van der Waals surface area (Å²) in [5.41, 5.74) is 9.55. The van der Waals surface area contributed by atoms with Gasteiger partial charge in [0.15, 0.2) is 10.8 Å². The Balaban J connectivity index is 1.63. The van der Waals surface area contributed by atoms with Gasteiger partial charge in [0.25, 0.3) is 0 Å². The number of hydrogen-bond donors (Lipinski definition) is 1. The Bertz CT molecular complexity index is 975. The van der Waals surface area contributed by atoms with Crippen LogP contribution in [-0.2, 0) is 23.5 Å². The molecule has 1 aliphatic heterocycles. The van der Waals surface area contributed by atoms with Crippen LogP contribution in [0.15, 0.2) is 35.5 Å². The van der Waals surface area contributed by atoms with Crippen LogP contribution >= 0.6 is 11.8 Å². The van der Waals surface area contributed by atoms with Crippen LogP contribution in [-0.4, -0.2) is 20.6 Å². The topological polar surface area (TPSA) is 73.9 Å². The van der Waals surface area contributed by atoms with Crippen molar-refractivity contribution in [2.75, 3.05) is 5.73 Å². The Morgan fingerprint density at radius 2 is 1.96 bits per heavy atom. The number of nitrogens with two attached hydrogens (primary N) is 1. The predicted octanol–water partition coefficient (Wildman–Crippen LogP) is 3.89. The minimum atomic E-state index is -0.245. The van der Waals surface area contributed by atoms with Crippen molar-refractivity contribution >= 4 is 28.6 Å². The molecule has 0 fully saturated rings. The van der Waals surface area contributed by atoms with Crippen LogP contribution in [0, 0.1) is 5.82 Å². The summed E-state index contributed by atoms with van der Waals surface area (Å²) in [5, 5.41) is 1.32. The van der Waals surface area contributed by atoms with E-state index in [4.69, 9.17) is 15.5 Å². The molecule has 0 saturated heterocycles. The number of pyridine rings is 1. The Kier molecular flexibility index (Phi) is 4.28. The highest BCUT2D eigenvalue weighted by Gasteiger charge is 2.27. The zero-order valence-corrected chi connectivity index (χ0v) is 15.4. The minimum absolute atomic E-state index is 0.230. The van der Waals surface area contributed by atoms with Gasteiger partial charge >= 0.3 is 0 Å². The number of anilines is 1. The molecule has 3 heterocycles. The van der Waals surface area contributed by atoms with Crippen LogP contribution in [0.5, 0.6) is 0 Å². The predicted molar refractivity (Wildman–Crippen MR) is 100 cm³/mol. The molecule has 1 aromatic carbocycles. The molecule has 0 unspecified atom stereocenters. The third-order valence-corrected chi connectivity index (χ3v) is 5.28. The summed E-state index contributed by atoms with van der Waals surface area (Å²) in [6.45, 7) is 4.63. The van der Waals surface area contributed by atoms with Crippen LogP contribution in [0.1, 0.15) is 30.7 Å². The van der Waals surface area contributed by atoms with Gasteiger partial charge in [0, 0.05) is 17.7 Å². The second kappa shape index (κ2) is 6.48. The maximum atomic E-state index is 13.0. The maximum absolute atomic E-state index is 13.0. The molecule has 0 aliphatic carbocycles. The highest BCUT2D eigenvalue weighted by Crippen LogP contribution is 2.31. The number of benzene rings is 1. The minimum Gasteiger partial charge on any atom is -0.383 e. The highest BCUT2D eigenvalue weighted by atomic mass is 32.2. The molecule has 0 bridgehead atoms. The molecule has 2 N–H and O–H groups in total. The van der Waals surface area contributed by atoms with Crippen LogP contribution in [0.2, 0.25) is 0 Å². The van der Waals surface area contributed by atoms with E-state index in [1.165, 1.54) is 23.9 Å². The Hall–Kier alpha value is -2.25. The average molecular weight is 370 g/mol. The standard InChI is InChI=1S/C19H19FN4OS/c1-19(2)8-15-12(9-25-19)7-14-16(21)23-18(24-17(14)22-15)26-10-11-3-5-13(20)6-4-11/h3-7H,8-10H2,1-2H3,(H2,21,22,23,24). The van der Waals surface area contributed by atoms with Crippen molar-refractivity contribution in [2.24, 2.45) is 0 Å². The number of fused-ring (bicyclic) bond motifs is 2. The van der Waals surface area contributed by atoms with Gasteiger partial charge < -0.3 is 10.5 Å². The molecular formula is C19H19FN4OS. The lowest BCUT2D eigenvalue weighted by Gasteiger charge is -2.31. The fourth-order valence-corrected chi connectivity index (χ4v) is 3.74. The summed E-state index contributed by atoms with van der Waals surface area (Å²) in [6, 6.07) is 8.38. The number of nitrogen functional groups attached to an aromatic ring is 1. The summed E-state index contributed by atoms with van der Waals surface area (Å²) in [6.07, 6.45) is 0.736. The summed E-state index contributed by atoms with van der Waals surface area (Å²) in [4.78, 5) is 13.7. The van der Waals surface area contributed by atoms with Gasteiger partial charge in [0.1, 0.15) is 11.6 Å². The van der Waals surface area contributed by atoms with Crippen molar-refractivity contribution in [1.82, 2.24) is 15.0 Å². The number of ether oxygens (including phenoxy) is 1. The van der Waals surface area contributed by atoms with E-state index >= 15 is 0 Å². The molecule has 0 atom stereocenters. The molecule has 3 aromatic rings. The van der Waals surface area contributed by atoms with Crippen molar-refractivity contribution in [2.45, 2.75) is 43.4 Å². The van der Waals surface area contributed by atoms with Gasteiger partial charge in [-0.2, -0.15) is 0 Å². The molecule has 5 nitrogen and oxygen atoms in total. The fraction of sp³-hybridized carbons (Fsp3) is 0.316. The van der Waals surface area contributed by atoms with Crippen molar-refractivity contribution < 1.29 is 9.13 Å². The molecule has 0 spiro atoms. The van der Waals surface area contributed by atoms with Crippen molar-refractivity contribution in [3.63, 3.8) is 0 Å². The fourth-order valence-electron chi connectivity index (χ4n) is 2.93. The monoisotopic (exact) mass is 370 g/mol. The van der Waals surface area contributed by atoms with Crippen LogP contribution in [0.25, 0.3) is 11.0 Å². The summed E-state index contributed by atoms with van der Waals surface area (Å²) in [5.74, 6) is 0.805. The largest absolute Gasteiger partial charge is 0.383 e. The number of nitrogens with zero attached hydrogens (tertiary/aromatic N) is 3. The molecule has 26 heavy (non-hydrogen) atoms. The lowest BCUT2D eigenvalue weighted by molar-refractivity contribution is -0.0411. The van der Waals surface area contributed by atoms with Gasteiger partial charge in [-0.1, -0.05) is 23.9 Å². The molecule has 7 heteroatoms. The lowest BCUT2D eigenvalue weighted by atomic mass is 9.95. The third kappa shape index (κ3) is 3.50. The molecule has 0 amide bonds. The first kappa shape index (κ1) is 17.2. The second-order valence-corrected chi connectivity index (χ2v) is 7.94. The zero-order valence-electron chi connectivity index (χ0n) is 14.6. The lowest BCUT2D eigenvalue weighted by Crippen LogP contribution is -2.32.